The zero-order valence-electron chi connectivity index (χ0n) is 24.5. The third-order valence-corrected chi connectivity index (χ3v) is 8.68. The number of rotatable bonds is 4. The first kappa shape index (κ1) is 27.5. The van der Waals surface area contributed by atoms with E-state index in [1.807, 2.05) is 66.7 Å². The zero-order valence-corrected chi connectivity index (χ0v) is 24.5. The maximum absolute atomic E-state index is 6.39. The lowest BCUT2D eigenvalue weighted by Crippen LogP contribution is -2.00. The van der Waals surface area contributed by atoms with Gasteiger partial charge in [-0.05, 0) is 53.6 Å². The van der Waals surface area contributed by atoms with Crippen molar-refractivity contribution in [3.63, 3.8) is 0 Å². The third kappa shape index (κ3) is 4.44. The fraction of sp³-hybridized carbons (Fsp3) is 0.0488. The Hall–Kier alpha value is -6.07. The van der Waals surface area contributed by atoms with Gasteiger partial charge in [0.25, 0.3) is 0 Å². The number of aryl methyl sites for hydroxylation is 1. The molecule has 0 atom stereocenters. The maximum Gasteiger partial charge on any atom is 0.164 e. The largest absolute Gasteiger partial charge is 0.456 e. The van der Waals surface area contributed by atoms with Crippen molar-refractivity contribution in [2.45, 2.75) is 7.43 Å². The average Bonchev–Trinajstić information content (AvgIpc) is 3.62. The first-order valence-electron chi connectivity index (χ1n) is 15.0. The molecular weight excluding hydrogens is 564 g/mol. The molecule has 0 spiro atoms. The Morgan fingerprint density at radius 2 is 0.957 bits per heavy atom. The molecule has 9 aromatic rings. The second kappa shape index (κ2) is 10.8. The summed E-state index contributed by atoms with van der Waals surface area (Å²) in [5.74, 6) is 1.88. The van der Waals surface area contributed by atoms with Crippen LogP contribution in [0.5, 0.6) is 0 Å². The van der Waals surface area contributed by atoms with E-state index in [-0.39, 0.29) is 7.43 Å². The van der Waals surface area contributed by atoms with E-state index in [4.69, 9.17) is 19.4 Å². The van der Waals surface area contributed by atoms with Gasteiger partial charge in [-0.3, -0.25) is 0 Å². The molecule has 220 valence electrons. The fourth-order valence-corrected chi connectivity index (χ4v) is 6.38. The van der Waals surface area contributed by atoms with Gasteiger partial charge < -0.3 is 8.98 Å². The van der Waals surface area contributed by atoms with Gasteiger partial charge in [-0.1, -0.05) is 104 Å². The second-order valence-electron chi connectivity index (χ2n) is 11.4. The van der Waals surface area contributed by atoms with Crippen molar-refractivity contribution in [2.24, 2.45) is 7.05 Å². The molecule has 3 aromatic heterocycles. The van der Waals surface area contributed by atoms with Crippen LogP contribution in [0, 0.1) is 0 Å². The van der Waals surface area contributed by atoms with Gasteiger partial charge in [0.2, 0.25) is 0 Å². The molecule has 0 unspecified atom stereocenters. The van der Waals surface area contributed by atoms with Gasteiger partial charge in [-0.25, -0.2) is 15.0 Å². The molecule has 0 aliphatic heterocycles. The van der Waals surface area contributed by atoms with Crippen LogP contribution in [-0.4, -0.2) is 19.5 Å². The van der Waals surface area contributed by atoms with E-state index < -0.39 is 0 Å². The highest BCUT2D eigenvalue weighted by molar-refractivity contribution is 6.10. The lowest BCUT2D eigenvalue weighted by atomic mass is 10.0. The standard InChI is InChI=1S/C40H26N4O.CH4/c1-44-34-15-9-8-14-30(34)32-22-27(17-20-35(32)44)28-18-21-36-33(23-28)31-19-16-29(24-37(31)45-36)40-42-38(25-10-4-2-5-11-25)41-39(43-40)26-12-6-3-7-13-26;/h2-24H,1H3;1H4. The van der Waals surface area contributed by atoms with Crippen molar-refractivity contribution < 1.29 is 4.42 Å². The van der Waals surface area contributed by atoms with Gasteiger partial charge in [0, 0.05) is 56.3 Å². The molecule has 46 heavy (non-hydrogen) atoms. The Labute approximate surface area is 266 Å². The quantitative estimate of drug-likeness (QED) is 0.203. The molecule has 0 bridgehead atoms. The smallest absolute Gasteiger partial charge is 0.164 e. The molecule has 0 aliphatic rings. The molecule has 6 aromatic carbocycles. The molecular formula is C41H30N4O. The summed E-state index contributed by atoms with van der Waals surface area (Å²) in [7, 11) is 2.13. The third-order valence-electron chi connectivity index (χ3n) is 8.68. The van der Waals surface area contributed by atoms with Crippen LogP contribution in [0.4, 0.5) is 0 Å². The minimum absolute atomic E-state index is 0. The van der Waals surface area contributed by atoms with Gasteiger partial charge in [-0.2, -0.15) is 0 Å². The summed E-state index contributed by atoms with van der Waals surface area (Å²) in [6.07, 6.45) is 0. The summed E-state index contributed by atoms with van der Waals surface area (Å²) in [5, 5.41) is 4.66. The molecule has 0 amide bonds. The van der Waals surface area contributed by atoms with E-state index in [0.29, 0.717) is 17.5 Å². The molecule has 0 saturated carbocycles. The number of benzene rings is 6. The van der Waals surface area contributed by atoms with Crippen LogP contribution in [0.2, 0.25) is 0 Å². The van der Waals surface area contributed by atoms with E-state index in [0.717, 1.165) is 44.2 Å². The van der Waals surface area contributed by atoms with Gasteiger partial charge in [0.15, 0.2) is 17.5 Å². The van der Waals surface area contributed by atoms with Crippen molar-refractivity contribution >= 4 is 43.7 Å². The van der Waals surface area contributed by atoms with E-state index in [9.17, 15) is 0 Å². The lowest BCUT2D eigenvalue weighted by molar-refractivity contribution is 0.669. The highest BCUT2D eigenvalue weighted by atomic mass is 16.3. The first-order chi connectivity index (χ1) is 22.2. The predicted molar refractivity (Wildman–Crippen MR) is 190 cm³/mol. The number of furan rings is 1. The monoisotopic (exact) mass is 594 g/mol. The molecule has 5 heteroatoms. The Balaban J connectivity index is 0.00000312. The molecule has 9 rings (SSSR count). The second-order valence-corrected chi connectivity index (χ2v) is 11.4. The van der Waals surface area contributed by atoms with Gasteiger partial charge in [-0.15, -0.1) is 0 Å². The van der Waals surface area contributed by atoms with E-state index in [1.165, 1.54) is 27.4 Å². The summed E-state index contributed by atoms with van der Waals surface area (Å²) in [6, 6.07) is 48.0. The van der Waals surface area contributed by atoms with Crippen LogP contribution >= 0.6 is 0 Å². The average molecular weight is 595 g/mol. The Bertz CT molecular complexity index is 2490. The minimum Gasteiger partial charge on any atom is -0.456 e. The summed E-state index contributed by atoms with van der Waals surface area (Å²) in [5.41, 5.74) is 9.21. The highest BCUT2D eigenvalue weighted by Gasteiger charge is 2.16. The fourth-order valence-electron chi connectivity index (χ4n) is 6.38. The number of fused-ring (bicyclic) bond motifs is 6. The number of hydrogen-bond donors (Lipinski definition) is 0. The molecule has 0 saturated heterocycles. The normalized spacial score (nSPS) is 11.4. The lowest BCUT2D eigenvalue weighted by Gasteiger charge is -2.08. The van der Waals surface area contributed by atoms with Crippen molar-refractivity contribution in [3.8, 4) is 45.3 Å². The van der Waals surface area contributed by atoms with Crippen LogP contribution in [0.15, 0.2) is 144 Å². The van der Waals surface area contributed by atoms with Crippen molar-refractivity contribution in [1.29, 1.82) is 0 Å². The molecule has 0 aliphatic carbocycles. The Kier molecular flexibility index (Phi) is 6.47. The molecule has 0 radical (unpaired) electrons. The van der Waals surface area contributed by atoms with Gasteiger partial charge >= 0.3 is 0 Å². The van der Waals surface area contributed by atoms with Crippen LogP contribution in [-0.2, 0) is 7.05 Å². The predicted octanol–water partition coefficient (Wildman–Crippen LogP) is 10.7. The summed E-state index contributed by atoms with van der Waals surface area (Å²) >= 11 is 0. The molecule has 3 heterocycles. The van der Waals surface area contributed by atoms with Gasteiger partial charge in [0.1, 0.15) is 11.2 Å². The molecule has 5 nitrogen and oxygen atoms in total. The van der Waals surface area contributed by atoms with Crippen LogP contribution in [0.25, 0.3) is 89.0 Å². The van der Waals surface area contributed by atoms with E-state index >= 15 is 0 Å². The molecule has 0 N–H and O–H groups in total. The first-order valence-corrected chi connectivity index (χ1v) is 15.0. The molecule has 0 fully saturated rings. The highest BCUT2D eigenvalue weighted by Crippen LogP contribution is 2.37. The van der Waals surface area contributed by atoms with E-state index in [1.54, 1.807) is 0 Å². The van der Waals surface area contributed by atoms with Gasteiger partial charge in [0.05, 0.1) is 0 Å². The van der Waals surface area contributed by atoms with Crippen molar-refractivity contribution in [3.05, 3.63) is 140 Å². The Morgan fingerprint density at radius 1 is 0.413 bits per heavy atom. The summed E-state index contributed by atoms with van der Waals surface area (Å²) in [6.45, 7) is 0. The number of aromatic nitrogens is 4. The van der Waals surface area contributed by atoms with Crippen molar-refractivity contribution in [1.82, 2.24) is 19.5 Å². The topological polar surface area (TPSA) is 56.7 Å². The minimum atomic E-state index is 0. The van der Waals surface area contributed by atoms with Crippen molar-refractivity contribution in [2.75, 3.05) is 0 Å². The van der Waals surface area contributed by atoms with Crippen LogP contribution < -0.4 is 0 Å². The number of nitrogens with zero attached hydrogens (tertiary/aromatic N) is 4. The maximum atomic E-state index is 6.39. The summed E-state index contributed by atoms with van der Waals surface area (Å²) in [4.78, 5) is 14.6. The summed E-state index contributed by atoms with van der Waals surface area (Å²) < 4.78 is 8.65. The van der Waals surface area contributed by atoms with E-state index in [2.05, 4.69) is 84.4 Å². The van der Waals surface area contributed by atoms with Crippen LogP contribution in [0.1, 0.15) is 7.43 Å². The SMILES string of the molecule is C.Cn1c2ccccc2c2cc(-c3ccc4oc5cc(-c6nc(-c7ccccc7)nc(-c7ccccc7)n6)ccc5c4c3)ccc21. The zero-order chi connectivity index (χ0) is 29.9. The Morgan fingerprint density at radius 3 is 1.65 bits per heavy atom. The van der Waals surface area contributed by atoms with Crippen LogP contribution in [0.3, 0.4) is 0 Å². The number of hydrogen-bond acceptors (Lipinski definition) is 4. The number of para-hydroxylation sites is 1.